The number of ether oxygens (including phenoxy) is 1. The van der Waals surface area contributed by atoms with Crippen LogP contribution in [-0.4, -0.2) is 41.0 Å². The Morgan fingerprint density at radius 1 is 1.03 bits per heavy atom. The molecule has 1 aliphatic carbocycles. The first kappa shape index (κ1) is 21.6. The molecule has 2 N–H and O–H groups in total. The Kier molecular flexibility index (Phi) is 6.71. The number of rotatable bonds is 7. The van der Waals surface area contributed by atoms with Gasteiger partial charge in [-0.15, -0.1) is 0 Å². The van der Waals surface area contributed by atoms with Gasteiger partial charge in [0.15, 0.2) is 5.60 Å². The molecule has 2 aromatic carbocycles. The molecule has 2 atom stereocenters. The lowest BCUT2D eigenvalue weighted by Gasteiger charge is -2.33. The molecule has 2 fully saturated rings. The monoisotopic (exact) mass is 420 g/mol. The molecule has 2 aliphatic rings. The summed E-state index contributed by atoms with van der Waals surface area (Å²) in [5.74, 6) is -0.0612. The van der Waals surface area contributed by atoms with Gasteiger partial charge in [-0.3, -0.25) is 5.41 Å². The molecule has 2 aromatic rings. The zero-order valence-electron chi connectivity index (χ0n) is 18.0. The van der Waals surface area contributed by atoms with Crippen molar-refractivity contribution in [2.24, 2.45) is 5.92 Å². The number of benzene rings is 2. The Bertz CT molecular complexity index is 880. The van der Waals surface area contributed by atoms with Crippen LogP contribution in [0, 0.1) is 11.3 Å². The van der Waals surface area contributed by atoms with Crippen LogP contribution in [0.5, 0.6) is 0 Å². The SMILES string of the molecule is N=C(CCc1ccccc1)N1CC[C@@H](OC(=O)[C@](O)(c2ccccc2)C2CCCC2)C1. The number of carbonyl (C=O) groups excluding carboxylic acids is 1. The molecule has 5 nitrogen and oxygen atoms in total. The van der Waals surface area contributed by atoms with Crippen LogP contribution in [0.3, 0.4) is 0 Å². The van der Waals surface area contributed by atoms with Gasteiger partial charge in [0.1, 0.15) is 6.10 Å². The second-order valence-corrected chi connectivity index (χ2v) is 8.81. The van der Waals surface area contributed by atoms with E-state index in [0.29, 0.717) is 37.3 Å². The van der Waals surface area contributed by atoms with Gasteiger partial charge >= 0.3 is 5.97 Å². The molecule has 0 unspecified atom stereocenters. The van der Waals surface area contributed by atoms with E-state index in [2.05, 4.69) is 12.1 Å². The summed E-state index contributed by atoms with van der Waals surface area (Å²) in [6.45, 7) is 1.23. The normalized spacial score (nSPS) is 21.1. The second kappa shape index (κ2) is 9.65. The number of hydrogen-bond donors (Lipinski definition) is 2. The fourth-order valence-electron chi connectivity index (χ4n) is 4.93. The highest BCUT2D eigenvalue weighted by atomic mass is 16.6. The lowest BCUT2D eigenvalue weighted by molar-refractivity contribution is -0.178. The van der Waals surface area contributed by atoms with Crippen LogP contribution in [-0.2, 0) is 21.6 Å². The first-order valence-corrected chi connectivity index (χ1v) is 11.4. The number of aliphatic hydroxyl groups is 1. The number of nitrogens with one attached hydrogen (secondary N) is 1. The highest BCUT2D eigenvalue weighted by Gasteiger charge is 2.48. The van der Waals surface area contributed by atoms with Crippen molar-refractivity contribution in [2.45, 2.75) is 56.7 Å². The van der Waals surface area contributed by atoms with Gasteiger partial charge in [0, 0.05) is 25.3 Å². The molecule has 0 radical (unpaired) electrons. The van der Waals surface area contributed by atoms with Crippen molar-refractivity contribution in [2.75, 3.05) is 13.1 Å². The van der Waals surface area contributed by atoms with Crippen molar-refractivity contribution in [3.63, 3.8) is 0 Å². The lowest BCUT2D eigenvalue weighted by atomic mass is 9.80. The minimum atomic E-state index is -1.59. The standard InChI is InChI=1S/C26H32N2O3/c27-24(16-15-20-9-3-1-4-10-20)28-18-17-23(19-28)31-25(29)26(30,22-13-7-8-14-22)21-11-5-2-6-12-21/h1-6,9-12,22-23,27,30H,7-8,13-19H2/t23-,26+/m1/s1. The molecule has 5 heteroatoms. The molecule has 0 bridgehead atoms. The summed E-state index contributed by atoms with van der Waals surface area (Å²) in [4.78, 5) is 15.2. The van der Waals surface area contributed by atoms with Crippen molar-refractivity contribution in [1.29, 1.82) is 5.41 Å². The van der Waals surface area contributed by atoms with Crippen LogP contribution in [0.2, 0.25) is 0 Å². The van der Waals surface area contributed by atoms with Crippen LogP contribution >= 0.6 is 0 Å². The number of amidine groups is 1. The maximum atomic E-state index is 13.3. The van der Waals surface area contributed by atoms with E-state index in [4.69, 9.17) is 10.1 Å². The number of carbonyl (C=O) groups is 1. The quantitative estimate of drug-likeness (QED) is 0.398. The molecule has 1 saturated carbocycles. The first-order valence-electron chi connectivity index (χ1n) is 11.4. The average Bonchev–Trinajstić information content (AvgIpc) is 3.51. The van der Waals surface area contributed by atoms with E-state index in [1.54, 1.807) is 0 Å². The number of esters is 1. The Hall–Kier alpha value is -2.66. The third-order valence-electron chi connectivity index (χ3n) is 6.76. The van der Waals surface area contributed by atoms with Crippen LogP contribution in [0.1, 0.15) is 49.7 Å². The van der Waals surface area contributed by atoms with Crippen molar-refractivity contribution < 1.29 is 14.6 Å². The summed E-state index contributed by atoms with van der Waals surface area (Å²) < 4.78 is 5.86. The molecule has 0 amide bonds. The number of hydrogen-bond acceptors (Lipinski definition) is 4. The van der Waals surface area contributed by atoms with Gasteiger partial charge in [-0.2, -0.15) is 0 Å². The van der Waals surface area contributed by atoms with E-state index < -0.39 is 11.6 Å². The van der Waals surface area contributed by atoms with Crippen LogP contribution < -0.4 is 0 Å². The highest BCUT2D eigenvalue weighted by Crippen LogP contribution is 2.42. The minimum absolute atomic E-state index is 0.107. The van der Waals surface area contributed by atoms with E-state index >= 15 is 0 Å². The van der Waals surface area contributed by atoms with E-state index in [0.717, 1.165) is 32.1 Å². The Labute approximate surface area is 184 Å². The molecule has 0 aromatic heterocycles. The van der Waals surface area contributed by atoms with Crippen molar-refractivity contribution in [1.82, 2.24) is 4.90 Å². The van der Waals surface area contributed by atoms with Crippen molar-refractivity contribution in [3.05, 3.63) is 71.8 Å². The van der Waals surface area contributed by atoms with Gasteiger partial charge in [0.25, 0.3) is 0 Å². The Morgan fingerprint density at radius 3 is 2.35 bits per heavy atom. The first-order chi connectivity index (χ1) is 15.1. The number of likely N-dealkylation sites (tertiary alicyclic amines) is 1. The summed E-state index contributed by atoms with van der Waals surface area (Å²) in [6.07, 6.45) is 5.63. The van der Waals surface area contributed by atoms with Crippen molar-refractivity contribution in [3.8, 4) is 0 Å². The van der Waals surface area contributed by atoms with E-state index in [1.807, 2.05) is 53.4 Å². The highest BCUT2D eigenvalue weighted by molar-refractivity contribution is 5.82. The Morgan fingerprint density at radius 2 is 1.68 bits per heavy atom. The Balaban J connectivity index is 1.37. The van der Waals surface area contributed by atoms with Crippen molar-refractivity contribution >= 4 is 11.8 Å². The topological polar surface area (TPSA) is 73.6 Å². The van der Waals surface area contributed by atoms with Gasteiger partial charge in [0.2, 0.25) is 0 Å². The molecular weight excluding hydrogens is 388 g/mol. The van der Waals surface area contributed by atoms with Gasteiger partial charge in [-0.1, -0.05) is 73.5 Å². The number of aryl methyl sites for hydroxylation is 1. The fraction of sp³-hybridized carbons (Fsp3) is 0.462. The molecule has 31 heavy (non-hydrogen) atoms. The van der Waals surface area contributed by atoms with Gasteiger partial charge < -0.3 is 14.7 Å². The molecule has 164 valence electrons. The smallest absolute Gasteiger partial charge is 0.343 e. The van der Waals surface area contributed by atoms with Crippen LogP contribution in [0.15, 0.2) is 60.7 Å². The maximum absolute atomic E-state index is 13.3. The molecule has 1 heterocycles. The average molecular weight is 421 g/mol. The van der Waals surface area contributed by atoms with Gasteiger partial charge in [-0.25, -0.2) is 4.79 Å². The predicted octanol–water partition coefficient (Wildman–Crippen LogP) is 4.29. The predicted molar refractivity (Wildman–Crippen MR) is 121 cm³/mol. The summed E-state index contributed by atoms with van der Waals surface area (Å²) in [5, 5.41) is 20.0. The van der Waals surface area contributed by atoms with Crippen LogP contribution in [0.25, 0.3) is 0 Å². The summed E-state index contributed by atoms with van der Waals surface area (Å²) >= 11 is 0. The zero-order chi connectivity index (χ0) is 21.7. The van der Waals surface area contributed by atoms with Crippen LogP contribution in [0.4, 0.5) is 0 Å². The van der Waals surface area contributed by atoms with E-state index in [1.165, 1.54) is 5.56 Å². The maximum Gasteiger partial charge on any atom is 0.343 e. The molecule has 0 spiro atoms. The molecule has 4 rings (SSSR count). The summed E-state index contributed by atoms with van der Waals surface area (Å²) in [7, 11) is 0. The third-order valence-corrected chi connectivity index (χ3v) is 6.76. The van der Waals surface area contributed by atoms with Gasteiger partial charge in [-0.05, 0) is 30.4 Å². The molecule has 1 aliphatic heterocycles. The number of nitrogens with zero attached hydrogens (tertiary/aromatic N) is 1. The third kappa shape index (κ3) is 4.82. The lowest BCUT2D eigenvalue weighted by Crippen LogP contribution is -2.45. The fourth-order valence-corrected chi connectivity index (χ4v) is 4.93. The largest absolute Gasteiger partial charge is 0.458 e. The molecule has 1 saturated heterocycles. The minimum Gasteiger partial charge on any atom is -0.458 e. The van der Waals surface area contributed by atoms with E-state index in [-0.39, 0.29) is 12.0 Å². The zero-order valence-corrected chi connectivity index (χ0v) is 18.0. The molecular formula is C26H32N2O3. The summed E-state index contributed by atoms with van der Waals surface area (Å²) in [6, 6.07) is 19.4. The summed E-state index contributed by atoms with van der Waals surface area (Å²) in [5.41, 5.74) is 0.252. The second-order valence-electron chi connectivity index (χ2n) is 8.81. The van der Waals surface area contributed by atoms with Gasteiger partial charge in [0.05, 0.1) is 12.4 Å². The van der Waals surface area contributed by atoms with E-state index in [9.17, 15) is 9.90 Å².